The highest BCUT2D eigenvalue weighted by Crippen LogP contribution is 2.44. The van der Waals surface area contributed by atoms with E-state index >= 15 is 0 Å². The highest BCUT2D eigenvalue weighted by Gasteiger charge is 2.24. The van der Waals surface area contributed by atoms with Gasteiger partial charge in [0.25, 0.3) is 0 Å². The van der Waals surface area contributed by atoms with Gasteiger partial charge in [-0.05, 0) is 53.0 Å². The van der Waals surface area contributed by atoms with Crippen molar-refractivity contribution < 1.29 is 4.42 Å². The van der Waals surface area contributed by atoms with E-state index in [4.69, 9.17) is 4.42 Å². The second kappa shape index (κ2) is 8.36. The van der Waals surface area contributed by atoms with Gasteiger partial charge in [-0.1, -0.05) is 109 Å². The van der Waals surface area contributed by atoms with Gasteiger partial charge in [-0.25, -0.2) is 0 Å². The van der Waals surface area contributed by atoms with E-state index < -0.39 is 0 Å². The first kappa shape index (κ1) is 21.3. The summed E-state index contributed by atoms with van der Waals surface area (Å²) in [4.78, 5) is 0. The Kier molecular flexibility index (Phi) is 4.68. The molecule has 0 saturated heterocycles. The van der Waals surface area contributed by atoms with Gasteiger partial charge >= 0.3 is 0 Å². The highest BCUT2D eigenvalue weighted by molar-refractivity contribution is 6.23. The summed E-state index contributed by atoms with van der Waals surface area (Å²) in [6.07, 6.45) is 5.73. The number of hydrogen-bond donors (Lipinski definition) is 0. The monoisotopic (exact) mass is 487 g/mol. The van der Waals surface area contributed by atoms with Gasteiger partial charge in [-0.15, -0.1) is 0 Å². The quantitative estimate of drug-likeness (QED) is 0.242. The predicted octanol–water partition coefficient (Wildman–Crippen LogP) is 9.81. The number of para-hydroxylation sites is 2. The molecular formula is C36H25NO. The third kappa shape index (κ3) is 3.20. The fraction of sp³-hybridized carbons (Fsp3) is 0.0556. The van der Waals surface area contributed by atoms with Gasteiger partial charge < -0.3 is 8.98 Å². The minimum absolute atomic E-state index is 0.162. The van der Waals surface area contributed by atoms with E-state index in [1.54, 1.807) is 0 Å². The van der Waals surface area contributed by atoms with Crippen LogP contribution in [0.3, 0.4) is 0 Å². The van der Waals surface area contributed by atoms with E-state index in [2.05, 4.69) is 132 Å². The molecule has 1 atom stereocenters. The summed E-state index contributed by atoms with van der Waals surface area (Å²) in [5.74, 6) is 0. The number of fused-ring (bicyclic) bond motifs is 7. The summed E-state index contributed by atoms with van der Waals surface area (Å²) in [6, 6.07) is 43.3. The molecule has 2 aromatic heterocycles. The Labute approximate surface area is 220 Å². The Hall–Kier alpha value is -4.82. The Morgan fingerprint density at radius 1 is 0.579 bits per heavy atom. The smallest absolute Gasteiger partial charge is 0.145 e. The summed E-state index contributed by atoms with van der Waals surface area (Å²) in [6.45, 7) is 0. The maximum absolute atomic E-state index is 6.52. The Balaban J connectivity index is 1.41. The number of benzene rings is 5. The lowest BCUT2D eigenvalue weighted by Gasteiger charge is -2.25. The van der Waals surface area contributed by atoms with Crippen LogP contribution in [-0.4, -0.2) is 4.57 Å². The molecule has 2 nitrogen and oxygen atoms in total. The molecule has 1 aliphatic carbocycles. The topological polar surface area (TPSA) is 18.1 Å². The van der Waals surface area contributed by atoms with E-state index in [-0.39, 0.29) is 6.04 Å². The molecule has 8 rings (SSSR count). The van der Waals surface area contributed by atoms with Crippen molar-refractivity contribution in [1.82, 2.24) is 4.57 Å². The fourth-order valence-corrected chi connectivity index (χ4v) is 6.24. The first-order valence-electron chi connectivity index (χ1n) is 13.2. The Morgan fingerprint density at radius 3 is 2.08 bits per heavy atom. The van der Waals surface area contributed by atoms with E-state index in [1.165, 1.54) is 54.9 Å². The molecule has 38 heavy (non-hydrogen) atoms. The zero-order chi connectivity index (χ0) is 25.1. The molecule has 0 spiro atoms. The summed E-state index contributed by atoms with van der Waals surface area (Å²) in [5, 5.41) is 4.77. The number of rotatable bonds is 3. The van der Waals surface area contributed by atoms with Crippen molar-refractivity contribution in [3.05, 3.63) is 145 Å². The molecule has 0 fully saturated rings. The molecule has 0 aliphatic heterocycles. The number of allylic oxidation sites excluding steroid dienone is 4. The lowest BCUT2D eigenvalue weighted by Crippen LogP contribution is -2.11. The average Bonchev–Trinajstić information content (AvgIpc) is 3.53. The van der Waals surface area contributed by atoms with Gasteiger partial charge in [0, 0.05) is 21.7 Å². The second-order valence-corrected chi connectivity index (χ2v) is 10.1. The van der Waals surface area contributed by atoms with Crippen LogP contribution in [0.1, 0.15) is 23.6 Å². The Morgan fingerprint density at radius 2 is 1.26 bits per heavy atom. The van der Waals surface area contributed by atoms with Crippen LogP contribution in [0.25, 0.3) is 54.9 Å². The zero-order valence-corrected chi connectivity index (χ0v) is 20.8. The van der Waals surface area contributed by atoms with Crippen LogP contribution < -0.4 is 0 Å². The maximum Gasteiger partial charge on any atom is 0.145 e. The number of furan rings is 1. The largest absolute Gasteiger partial charge is 0.455 e. The number of aromatic nitrogens is 1. The van der Waals surface area contributed by atoms with E-state index in [1.807, 2.05) is 6.07 Å². The fourth-order valence-electron chi connectivity index (χ4n) is 6.24. The molecule has 2 heterocycles. The number of nitrogens with zero attached hydrogens (tertiary/aromatic N) is 1. The van der Waals surface area contributed by atoms with Crippen LogP contribution in [-0.2, 0) is 0 Å². The van der Waals surface area contributed by atoms with Crippen molar-refractivity contribution in [2.24, 2.45) is 0 Å². The molecule has 0 amide bonds. The maximum atomic E-state index is 6.52. The first-order chi connectivity index (χ1) is 18.8. The summed E-state index contributed by atoms with van der Waals surface area (Å²) >= 11 is 0. The summed E-state index contributed by atoms with van der Waals surface area (Å²) in [5.41, 5.74) is 9.49. The van der Waals surface area contributed by atoms with Gasteiger partial charge in [-0.3, -0.25) is 0 Å². The first-order valence-corrected chi connectivity index (χ1v) is 13.2. The van der Waals surface area contributed by atoms with Crippen molar-refractivity contribution in [2.75, 3.05) is 0 Å². The average molecular weight is 488 g/mol. The van der Waals surface area contributed by atoms with Gasteiger partial charge in [-0.2, -0.15) is 0 Å². The SMILES string of the molecule is C1=C(c2ccccc2)C=C(c2ccccc2)CC1n1c2ccccc2c2c3oc4ccccc4c3ccc21. The highest BCUT2D eigenvalue weighted by atomic mass is 16.3. The van der Waals surface area contributed by atoms with Gasteiger partial charge in [0.15, 0.2) is 0 Å². The molecular weight excluding hydrogens is 462 g/mol. The van der Waals surface area contributed by atoms with E-state index in [0.29, 0.717) is 0 Å². The molecule has 1 aliphatic rings. The standard InChI is InChI=1S/C36H25NO/c1-3-11-24(12-4-1)26-21-27(25-13-5-2-6-14-25)23-28(22-26)37-32-17-9-7-16-31(32)35-33(37)20-19-30-29-15-8-10-18-34(29)38-36(30)35/h1-22,28H,23H2. The summed E-state index contributed by atoms with van der Waals surface area (Å²) in [7, 11) is 0. The normalized spacial score (nSPS) is 15.8. The van der Waals surface area contributed by atoms with Crippen LogP contribution in [0.5, 0.6) is 0 Å². The second-order valence-electron chi connectivity index (χ2n) is 10.1. The van der Waals surface area contributed by atoms with Crippen LogP contribution >= 0.6 is 0 Å². The molecule has 0 bridgehead atoms. The summed E-state index contributed by atoms with van der Waals surface area (Å²) < 4.78 is 9.04. The molecule has 0 N–H and O–H groups in total. The lowest BCUT2D eigenvalue weighted by molar-refractivity contribution is 0.657. The molecule has 180 valence electrons. The zero-order valence-electron chi connectivity index (χ0n) is 20.8. The number of hydrogen-bond acceptors (Lipinski definition) is 1. The van der Waals surface area contributed by atoms with Gasteiger partial charge in [0.2, 0.25) is 0 Å². The van der Waals surface area contributed by atoms with Crippen LogP contribution in [0.2, 0.25) is 0 Å². The van der Waals surface area contributed by atoms with Crippen LogP contribution in [0.15, 0.2) is 138 Å². The molecule has 7 aromatic rings. The van der Waals surface area contributed by atoms with Gasteiger partial charge in [0.05, 0.1) is 16.9 Å². The third-order valence-corrected chi connectivity index (χ3v) is 7.93. The third-order valence-electron chi connectivity index (χ3n) is 7.93. The Bertz CT molecular complexity index is 2040. The van der Waals surface area contributed by atoms with E-state index in [0.717, 1.165) is 17.6 Å². The van der Waals surface area contributed by atoms with Crippen LogP contribution in [0.4, 0.5) is 0 Å². The molecule has 1 unspecified atom stereocenters. The molecule has 2 heteroatoms. The lowest BCUT2D eigenvalue weighted by atomic mass is 9.88. The van der Waals surface area contributed by atoms with Crippen molar-refractivity contribution in [3.8, 4) is 0 Å². The van der Waals surface area contributed by atoms with Crippen molar-refractivity contribution in [2.45, 2.75) is 12.5 Å². The van der Waals surface area contributed by atoms with Gasteiger partial charge in [0.1, 0.15) is 11.2 Å². The minimum Gasteiger partial charge on any atom is -0.455 e. The minimum atomic E-state index is 0.162. The van der Waals surface area contributed by atoms with Crippen molar-refractivity contribution >= 4 is 54.9 Å². The molecule has 5 aromatic carbocycles. The van der Waals surface area contributed by atoms with E-state index in [9.17, 15) is 0 Å². The predicted molar refractivity (Wildman–Crippen MR) is 159 cm³/mol. The molecule has 0 radical (unpaired) electrons. The molecule has 0 saturated carbocycles. The van der Waals surface area contributed by atoms with Crippen molar-refractivity contribution in [3.63, 3.8) is 0 Å². The van der Waals surface area contributed by atoms with Crippen LogP contribution in [0, 0.1) is 0 Å². The van der Waals surface area contributed by atoms with Crippen molar-refractivity contribution in [1.29, 1.82) is 0 Å².